The summed E-state index contributed by atoms with van der Waals surface area (Å²) in [7, 11) is 1.69. The molecule has 0 amide bonds. The zero-order valence-electron chi connectivity index (χ0n) is 10.6. The summed E-state index contributed by atoms with van der Waals surface area (Å²) in [5, 5.41) is 0.753. The minimum atomic E-state index is 0.222. The lowest BCUT2D eigenvalue weighted by Gasteiger charge is -2.30. The predicted molar refractivity (Wildman–Crippen MR) is 73.5 cm³/mol. The van der Waals surface area contributed by atoms with Crippen LogP contribution in [0.1, 0.15) is 19.8 Å². The van der Waals surface area contributed by atoms with E-state index in [2.05, 4.69) is 21.8 Å². The molecule has 0 saturated heterocycles. The van der Waals surface area contributed by atoms with E-state index in [1.807, 2.05) is 0 Å². The standard InChI is InChI=1S/C12H17Cl2N3O/c1-8(9-3-4-9)17(5-6-18-2)11-10(13)7-15-12(14)16-11/h7-9H,3-6H2,1-2H3. The fourth-order valence-electron chi connectivity index (χ4n) is 2.06. The zero-order chi connectivity index (χ0) is 13.1. The Morgan fingerprint density at radius 1 is 1.50 bits per heavy atom. The minimum Gasteiger partial charge on any atom is -0.383 e. The van der Waals surface area contributed by atoms with Gasteiger partial charge >= 0.3 is 0 Å². The van der Waals surface area contributed by atoms with E-state index in [9.17, 15) is 0 Å². The Morgan fingerprint density at radius 3 is 2.83 bits per heavy atom. The zero-order valence-corrected chi connectivity index (χ0v) is 12.1. The van der Waals surface area contributed by atoms with Gasteiger partial charge in [0.25, 0.3) is 0 Å². The first-order chi connectivity index (χ1) is 8.63. The van der Waals surface area contributed by atoms with Crippen LogP contribution in [-0.4, -0.2) is 36.3 Å². The number of halogens is 2. The highest BCUT2D eigenvalue weighted by molar-refractivity contribution is 6.33. The smallest absolute Gasteiger partial charge is 0.224 e. The van der Waals surface area contributed by atoms with Crippen LogP contribution in [0.4, 0.5) is 5.82 Å². The molecule has 6 heteroatoms. The SMILES string of the molecule is COCCN(c1nc(Cl)ncc1Cl)C(C)C1CC1. The predicted octanol–water partition coefficient (Wildman–Crippen LogP) is 3.03. The highest BCUT2D eigenvalue weighted by atomic mass is 35.5. The van der Waals surface area contributed by atoms with Gasteiger partial charge < -0.3 is 9.64 Å². The lowest BCUT2D eigenvalue weighted by atomic mass is 10.2. The van der Waals surface area contributed by atoms with Crippen LogP contribution in [-0.2, 0) is 4.74 Å². The van der Waals surface area contributed by atoms with Crippen molar-refractivity contribution < 1.29 is 4.74 Å². The molecule has 1 aromatic rings. The van der Waals surface area contributed by atoms with Crippen molar-refractivity contribution in [2.75, 3.05) is 25.2 Å². The molecule has 18 heavy (non-hydrogen) atoms. The number of nitrogens with zero attached hydrogens (tertiary/aromatic N) is 3. The second-order valence-corrected chi connectivity index (χ2v) is 5.32. The molecule has 1 aromatic heterocycles. The molecule has 4 nitrogen and oxygen atoms in total. The van der Waals surface area contributed by atoms with Crippen LogP contribution >= 0.6 is 23.2 Å². The van der Waals surface area contributed by atoms with Gasteiger partial charge in [0.05, 0.1) is 12.8 Å². The number of ether oxygens (including phenoxy) is 1. The monoisotopic (exact) mass is 289 g/mol. The van der Waals surface area contributed by atoms with Crippen molar-refractivity contribution in [2.45, 2.75) is 25.8 Å². The van der Waals surface area contributed by atoms with Gasteiger partial charge in [-0.25, -0.2) is 4.98 Å². The van der Waals surface area contributed by atoms with Crippen molar-refractivity contribution in [2.24, 2.45) is 5.92 Å². The molecule has 0 aliphatic heterocycles. The first-order valence-corrected chi connectivity index (χ1v) is 6.82. The van der Waals surface area contributed by atoms with E-state index in [4.69, 9.17) is 27.9 Å². The highest BCUT2D eigenvalue weighted by Gasteiger charge is 2.33. The molecule has 2 rings (SSSR count). The quantitative estimate of drug-likeness (QED) is 0.755. The number of methoxy groups -OCH3 is 1. The topological polar surface area (TPSA) is 38.2 Å². The van der Waals surface area contributed by atoms with Crippen molar-refractivity contribution in [3.05, 3.63) is 16.5 Å². The third-order valence-electron chi connectivity index (χ3n) is 3.30. The third kappa shape index (κ3) is 3.25. The van der Waals surface area contributed by atoms with Crippen molar-refractivity contribution in [3.63, 3.8) is 0 Å². The first-order valence-electron chi connectivity index (χ1n) is 6.07. The van der Waals surface area contributed by atoms with E-state index in [0.29, 0.717) is 29.4 Å². The molecule has 1 unspecified atom stereocenters. The summed E-state index contributed by atoms with van der Waals surface area (Å²) in [6.07, 6.45) is 4.08. The van der Waals surface area contributed by atoms with E-state index in [1.165, 1.54) is 12.8 Å². The van der Waals surface area contributed by atoms with Crippen molar-refractivity contribution >= 4 is 29.0 Å². The van der Waals surface area contributed by atoms with E-state index < -0.39 is 0 Å². The van der Waals surface area contributed by atoms with Gasteiger partial charge in [0.2, 0.25) is 5.28 Å². The van der Waals surface area contributed by atoms with E-state index in [1.54, 1.807) is 13.3 Å². The summed E-state index contributed by atoms with van der Waals surface area (Å²) in [5.74, 6) is 1.42. The minimum absolute atomic E-state index is 0.222. The van der Waals surface area contributed by atoms with Crippen molar-refractivity contribution in [3.8, 4) is 0 Å². The highest BCUT2D eigenvalue weighted by Crippen LogP contribution is 2.37. The van der Waals surface area contributed by atoms with Gasteiger partial charge in [0.1, 0.15) is 5.02 Å². The molecule has 0 spiro atoms. The van der Waals surface area contributed by atoms with Crippen LogP contribution in [0.15, 0.2) is 6.20 Å². The third-order valence-corrected chi connectivity index (χ3v) is 3.75. The number of hydrogen-bond donors (Lipinski definition) is 0. The van der Waals surface area contributed by atoms with Gasteiger partial charge in [-0.2, -0.15) is 4.98 Å². The largest absolute Gasteiger partial charge is 0.383 e. The van der Waals surface area contributed by atoms with Crippen LogP contribution in [0.5, 0.6) is 0 Å². The average molecular weight is 290 g/mol. The molecule has 1 aliphatic rings. The number of aromatic nitrogens is 2. The molecular weight excluding hydrogens is 273 g/mol. The van der Waals surface area contributed by atoms with Crippen molar-refractivity contribution in [1.29, 1.82) is 0 Å². The van der Waals surface area contributed by atoms with E-state index in [0.717, 1.165) is 6.54 Å². The van der Waals surface area contributed by atoms with Gasteiger partial charge in [0, 0.05) is 19.7 Å². The molecule has 1 heterocycles. The molecule has 100 valence electrons. The summed E-state index contributed by atoms with van der Waals surface area (Å²) in [5.41, 5.74) is 0. The second-order valence-electron chi connectivity index (χ2n) is 4.57. The van der Waals surface area contributed by atoms with Gasteiger partial charge in [0.15, 0.2) is 5.82 Å². The summed E-state index contributed by atoms with van der Waals surface area (Å²) in [6, 6.07) is 0.392. The maximum atomic E-state index is 6.17. The number of rotatable bonds is 6. The van der Waals surface area contributed by atoms with E-state index >= 15 is 0 Å². The Bertz CT molecular complexity index is 412. The molecule has 1 aliphatic carbocycles. The van der Waals surface area contributed by atoms with Crippen LogP contribution < -0.4 is 4.90 Å². The number of anilines is 1. The maximum absolute atomic E-state index is 6.17. The molecule has 0 radical (unpaired) electrons. The second kappa shape index (κ2) is 6.04. The molecule has 0 aromatic carbocycles. The average Bonchev–Trinajstić information content (AvgIpc) is 3.17. The Hall–Kier alpha value is -0.580. The molecule has 1 saturated carbocycles. The Kier molecular flexibility index (Phi) is 4.65. The van der Waals surface area contributed by atoms with E-state index in [-0.39, 0.29) is 5.28 Å². The van der Waals surface area contributed by atoms with Gasteiger partial charge in [-0.05, 0) is 37.3 Å². The molecule has 0 bridgehead atoms. The van der Waals surface area contributed by atoms with Crippen LogP contribution in [0, 0.1) is 5.92 Å². The Labute approximate surface area is 117 Å². The van der Waals surface area contributed by atoms with Gasteiger partial charge in [-0.1, -0.05) is 11.6 Å². The molecular formula is C12H17Cl2N3O. The summed E-state index contributed by atoms with van der Waals surface area (Å²) >= 11 is 12.0. The fourth-order valence-corrected chi connectivity index (χ4v) is 2.39. The lowest BCUT2D eigenvalue weighted by Crippen LogP contribution is -2.38. The Balaban J connectivity index is 2.22. The summed E-state index contributed by atoms with van der Waals surface area (Å²) in [4.78, 5) is 10.3. The lowest BCUT2D eigenvalue weighted by molar-refractivity contribution is 0.202. The van der Waals surface area contributed by atoms with Crippen LogP contribution in [0.25, 0.3) is 0 Å². The van der Waals surface area contributed by atoms with Gasteiger partial charge in [-0.3, -0.25) is 0 Å². The van der Waals surface area contributed by atoms with Crippen molar-refractivity contribution in [1.82, 2.24) is 9.97 Å². The van der Waals surface area contributed by atoms with Crippen LogP contribution in [0.2, 0.25) is 10.3 Å². The Morgan fingerprint density at radius 2 is 2.22 bits per heavy atom. The number of hydrogen-bond acceptors (Lipinski definition) is 4. The normalized spacial score (nSPS) is 16.7. The first kappa shape index (κ1) is 13.8. The molecule has 0 N–H and O–H groups in total. The molecule has 1 fully saturated rings. The van der Waals surface area contributed by atoms with Gasteiger partial charge in [-0.15, -0.1) is 0 Å². The summed E-state index contributed by atoms with van der Waals surface area (Å²) < 4.78 is 5.15. The van der Waals surface area contributed by atoms with Crippen LogP contribution in [0.3, 0.4) is 0 Å². The summed E-state index contributed by atoms with van der Waals surface area (Å²) in [6.45, 7) is 3.58. The maximum Gasteiger partial charge on any atom is 0.224 e. The fraction of sp³-hybridized carbons (Fsp3) is 0.667. The molecule has 1 atom stereocenters.